The van der Waals surface area contributed by atoms with E-state index in [0.29, 0.717) is 38.8 Å². The molecule has 1 atom stereocenters. The lowest BCUT2D eigenvalue weighted by atomic mass is 10.2. The maximum absolute atomic E-state index is 12.4. The van der Waals surface area contributed by atoms with Gasteiger partial charge in [0, 0.05) is 19.0 Å². The Hall–Kier alpha value is -1.47. The number of carbonyl (C=O) groups is 1. The molecular weight excluding hydrogens is 284 g/mol. The zero-order chi connectivity index (χ0) is 14.9. The Bertz CT molecular complexity index is 537. The van der Waals surface area contributed by atoms with Crippen LogP contribution in [0.5, 0.6) is 0 Å². The van der Waals surface area contributed by atoms with Gasteiger partial charge < -0.3 is 14.2 Å². The molecule has 4 rings (SSSR count). The van der Waals surface area contributed by atoms with Crippen LogP contribution in [0.3, 0.4) is 0 Å². The molecule has 7 nitrogen and oxygen atoms in total. The average Bonchev–Trinajstić information content (AvgIpc) is 3.10. The Labute approximate surface area is 129 Å². The highest BCUT2D eigenvalue weighted by molar-refractivity contribution is 5.78. The van der Waals surface area contributed by atoms with E-state index in [4.69, 9.17) is 9.26 Å². The van der Waals surface area contributed by atoms with Gasteiger partial charge in [-0.2, -0.15) is 4.98 Å². The van der Waals surface area contributed by atoms with Crippen LogP contribution >= 0.6 is 0 Å². The van der Waals surface area contributed by atoms with Crippen molar-refractivity contribution in [1.82, 2.24) is 19.9 Å². The number of ether oxygens (including phenoxy) is 1. The molecule has 1 aliphatic carbocycles. The van der Waals surface area contributed by atoms with Crippen LogP contribution in [0.2, 0.25) is 0 Å². The first-order valence-corrected chi connectivity index (χ1v) is 8.24. The Morgan fingerprint density at radius 1 is 1.18 bits per heavy atom. The van der Waals surface area contributed by atoms with Crippen LogP contribution in [0.15, 0.2) is 4.52 Å². The molecule has 3 aliphatic rings. The van der Waals surface area contributed by atoms with Crippen LogP contribution in [-0.2, 0) is 9.53 Å². The second kappa shape index (κ2) is 5.96. The first kappa shape index (κ1) is 14.1. The molecule has 0 radical (unpaired) electrons. The van der Waals surface area contributed by atoms with Crippen molar-refractivity contribution in [2.45, 2.75) is 37.6 Å². The first-order chi connectivity index (χ1) is 10.8. The van der Waals surface area contributed by atoms with Crippen LogP contribution in [0.4, 0.5) is 0 Å². The fourth-order valence-corrected chi connectivity index (χ4v) is 3.27. The summed E-state index contributed by atoms with van der Waals surface area (Å²) in [7, 11) is 0. The molecule has 2 aliphatic heterocycles. The molecule has 7 heteroatoms. The van der Waals surface area contributed by atoms with E-state index < -0.39 is 0 Å². The summed E-state index contributed by atoms with van der Waals surface area (Å²) < 4.78 is 10.7. The predicted molar refractivity (Wildman–Crippen MR) is 77.2 cm³/mol. The maximum atomic E-state index is 12.4. The van der Waals surface area contributed by atoms with E-state index in [1.807, 2.05) is 4.90 Å². The van der Waals surface area contributed by atoms with Gasteiger partial charge in [-0.3, -0.25) is 9.69 Å². The Kier molecular flexibility index (Phi) is 3.83. The average molecular weight is 306 g/mol. The van der Waals surface area contributed by atoms with Gasteiger partial charge in [0.2, 0.25) is 11.8 Å². The van der Waals surface area contributed by atoms with Crippen LogP contribution in [0.1, 0.15) is 49.4 Å². The lowest BCUT2D eigenvalue weighted by Gasteiger charge is -2.30. The standard InChI is InChI=1S/C15H22N4O3/c20-13(18-6-8-21-9-7-18)10-19-5-1-2-12(19)14-16-15(22-17-14)11-3-4-11/h11-12H,1-10H2/t12-/m0/s1. The molecule has 3 fully saturated rings. The molecule has 0 unspecified atom stereocenters. The monoisotopic (exact) mass is 306 g/mol. The van der Waals surface area contributed by atoms with Crippen molar-refractivity contribution in [2.24, 2.45) is 0 Å². The fraction of sp³-hybridized carbons (Fsp3) is 0.800. The molecule has 0 spiro atoms. The second-order valence-electron chi connectivity index (χ2n) is 6.39. The van der Waals surface area contributed by atoms with Gasteiger partial charge in [-0.15, -0.1) is 0 Å². The highest BCUT2D eigenvalue weighted by atomic mass is 16.5. The SMILES string of the molecule is O=C(CN1CCC[C@H]1c1noc(C2CC2)n1)N1CCOCC1. The van der Waals surface area contributed by atoms with Crippen molar-refractivity contribution in [2.75, 3.05) is 39.4 Å². The van der Waals surface area contributed by atoms with Crippen molar-refractivity contribution >= 4 is 5.91 Å². The van der Waals surface area contributed by atoms with Crippen LogP contribution in [0, 0.1) is 0 Å². The minimum absolute atomic E-state index is 0.126. The van der Waals surface area contributed by atoms with Gasteiger partial charge in [-0.1, -0.05) is 5.16 Å². The van der Waals surface area contributed by atoms with Gasteiger partial charge in [-0.05, 0) is 32.2 Å². The highest BCUT2D eigenvalue weighted by Crippen LogP contribution is 2.40. The van der Waals surface area contributed by atoms with Crippen LogP contribution < -0.4 is 0 Å². The minimum atomic E-state index is 0.126. The van der Waals surface area contributed by atoms with Crippen molar-refractivity contribution < 1.29 is 14.1 Å². The molecule has 120 valence electrons. The molecule has 0 bridgehead atoms. The topological polar surface area (TPSA) is 71.7 Å². The summed E-state index contributed by atoms with van der Waals surface area (Å²) in [5.41, 5.74) is 0. The highest BCUT2D eigenvalue weighted by Gasteiger charge is 2.35. The third kappa shape index (κ3) is 2.87. The third-order valence-electron chi connectivity index (χ3n) is 4.75. The zero-order valence-electron chi connectivity index (χ0n) is 12.7. The van der Waals surface area contributed by atoms with E-state index in [-0.39, 0.29) is 11.9 Å². The number of nitrogens with zero attached hydrogens (tertiary/aromatic N) is 4. The van der Waals surface area contributed by atoms with Crippen LogP contribution in [0.25, 0.3) is 0 Å². The van der Waals surface area contributed by atoms with E-state index in [9.17, 15) is 4.79 Å². The Morgan fingerprint density at radius 2 is 2.00 bits per heavy atom. The summed E-state index contributed by atoms with van der Waals surface area (Å²) in [4.78, 5) is 21.1. The van der Waals surface area contributed by atoms with Gasteiger partial charge in [0.1, 0.15) is 0 Å². The normalized spacial score (nSPS) is 26.5. The van der Waals surface area contributed by atoms with Gasteiger partial charge in [0.05, 0.1) is 25.8 Å². The quantitative estimate of drug-likeness (QED) is 0.824. The van der Waals surface area contributed by atoms with Crippen molar-refractivity contribution in [3.05, 3.63) is 11.7 Å². The van der Waals surface area contributed by atoms with E-state index in [1.165, 1.54) is 0 Å². The number of likely N-dealkylation sites (tertiary alicyclic amines) is 1. The number of amides is 1. The molecule has 22 heavy (non-hydrogen) atoms. The largest absolute Gasteiger partial charge is 0.378 e. The summed E-state index contributed by atoms with van der Waals surface area (Å²) in [5, 5.41) is 4.16. The molecule has 3 heterocycles. The van der Waals surface area contributed by atoms with E-state index in [2.05, 4.69) is 15.0 Å². The van der Waals surface area contributed by atoms with E-state index in [0.717, 1.165) is 43.9 Å². The summed E-state index contributed by atoms with van der Waals surface area (Å²) in [6.07, 6.45) is 4.39. The van der Waals surface area contributed by atoms with Crippen molar-refractivity contribution in [1.29, 1.82) is 0 Å². The molecule has 1 aromatic heterocycles. The van der Waals surface area contributed by atoms with Crippen molar-refractivity contribution in [3.8, 4) is 0 Å². The molecule has 1 aromatic rings. The fourth-order valence-electron chi connectivity index (χ4n) is 3.27. The number of morpholine rings is 1. The summed E-state index contributed by atoms with van der Waals surface area (Å²) in [6.45, 7) is 4.05. The summed E-state index contributed by atoms with van der Waals surface area (Å²) in [6, 6.07) is 0.126. The number of hydrogen-bond acceptors (Lipinski definition) is 6. The molecule has 0 N–H and O–H groups in total. The second-order valence-corrected chi connectivity index (χ2v) is 6.39. The lowest BCUT2D eigenvalue weighted by molar-refractivity contribution is -0.136. The number of aromatic nitrogens is 2. The van der Waals surface area contributed by atoms with Crippen LogP contribution in [-0.4, -0.2) is 65.2 Å². The molecule has 0 aromatic carbocycles. The number of hydrogen-bond donors (Lipinski definition) is 0. The summed E-state index contributed by atoms with van der Waals surface area (Å²) >= 11 is 0. The van der Waals surface area contributed by atoms with Gasteiger partial charge in [-0.25, -0.2) is 0 Å². The third-order valence-corrected chi connectivity index (χ3v) is 4.75. The van der Waals surface area contributed by atoms with Crippen molar-refractivity contribution in [3.63, 3.8) is 0 Å². The number of carbonyl (C=O) groups excluding carboxylic acids is 1. The Balaban J connectivity index is 1.40. The van der Waals surface area contributed by atoms with Gasteiger partial charge in [0.15, 0.2) is 5.82 Å². The molecule has 2 saturated heterocycles. The summed E-state index contributed by atoms with van der Waals surface area (Å²) in [5.74, 6) is 2.20. The van der Waals surface area contributed by atoms with Gasteiger partial charge >= 0.3 is 0 Å². The minimum Gasteiger partial charge on any atom is -0.378 e. The number of rotatable bonds is 4. The molecule has 1 saturated carbocycles. The molecule has 1 amide bonds. The predicted octanol–water partition coefficient (Wildman–Crippen LogP) is 0.943. The van der Waals surface area contributed by atoms with Gasteiger partial charge in [0.25, 0.3) is 0 Å². The first-order valence-electron chi connectivity index (χ1n) is 8.24. The van der Waals surface area contributed by atoms with E-state index in [1.54, 1.807) is 0 Å². The Morgan fingerprint density at radius 3 is 2.77 bits per heavy atom. The zero-order valence-corrected chi connectivity index (χ0v) is 12.7. The molecular formula is C15H22N4O3. The van der Waals surface area contributed by atoms with E-state index >= 15 is 0 Å². The maximum Gasteiger partial charge on any atom is 0.236 e. The lowest BCUT2D eigenvalue weighted by Crippen LogP contribution is -2.45. The smallest absolute Gasteiger partial charge is 0.236 e.